The van der Waals surface area contributed by atoms with Crippen molar-refractivity contribution in [2.75, 3.05) is 26.4 Å². The van der Waals surface area contributed by atoms with E-state index >= 15 is 0 Å². The molecule has 0 aliphatic carbocycles. The van der Waals surface area contributed by atoms with Crippen LogP contribution in [0.1, 0.15) is 200 Å². The first-order valence-corrected chi connectivity index (χ1v) is 35.4. The van der Waals surface area contributed by atoms with Crippen LogP contribution in [0.3, 0.4) is 0 Å². The van der Waals surface area contributed by atoms with Crippen molar-refractivity contribution in [1.29, 1.82) is 0 Å². The highest BCUT2D eigenvalue weighted by Gasteiger charge is 2.53. The predicted octanol–water partition coefficient (Wildman–Crippen LogP) is 9.77. The third-order valence-corrected chi connectivity index (χ3v) is 16.7. The van der Waals surface area contributed by atoms with Gasteiger partial charge in [0, 0.05) is 6.42 Å². The van der Waals surface area contributed by atoms with Gasteiger partial charge in [-0.25, -0.2) is 0 Å². The number of amides is 1. The maximum absolute atomic E-state index is 13.4. The second kappa shape index (κ2) is 54.9. The van der Waals surface area contributed by atoms with Crippen molar-refractivity contribution in [3.63, 3.8) is 0 Å². The topological polar surface area (TPSA) is 307 Å². The smallest absolute Gasteiger partial charge is 0.220 e. The van der Waals surface area contributed by atoms with Gasteiger partial charge in [0.1, 0.15) is 73.2 Å². The van der Waals surface area contributed by atoms with E-state index in [-0.39, 0.29) is 18.9 Å². The number of allylic oxidation sites excluding steroid dienone is 22. The monoisotopic (exact) mass is 1330 g/mol. The Hall–Kier alpha value is -4.07. The summed E-state index contributed by atoms with van der Waals surface area (Å²) >= 11 is 0. The van der Waals surface area contributed by atoms with E-state index in [1.165, 1.54) is 38.5 Å². The van der Waals surface area contributed by atoms with Crippen LogP contribution in [-0.2, 0) is 33.2 Å². The zero-order chi connectivity index (χ0) is 68.2. The fourth-order valence-corrected chi connectivity index (χ4v) is 11.0. The van der Waals surface area contributed by atoms with Gasteiger partial charge in [0.15, 0.2) is 18.9 Å². The Bertz CT molecular complexity index is 2220. The highest BCUT2D eigenvalue weighted by molar-refractivity contribution is 5.76. The summed E-state index contributed by atoms with van der Waals surface area (Å²) in [4.78, 5) is 13.4. The highest BCUT2D eigenvalue weighted by atomic mass is 16.8. The van der Waals surface area contributed by atoms with Crippen LogP contribution in [0.4, 0.5) is 0 Å². The van der Waals surface area contributed by atoms with Crippen molar-refractivity contribution in [3.8, 4) is 0 Å². The molecule has 1 amide bonds. The predicted molar refractivity (Wildman–Crippen MR) is 369 cm³/mol. The van der Waals surface area contributed by atoms with Gasteiger partial charge in [0.25, 0.3) is 0 Å². The average Bonchev–Trinajstić information content (AvgIpc) is 0.788. The van der Waals surface area contributed by atoms with E-state index in [2.05, 4.69) is 153 Å². The van der Waals surface area contributed by atoms with Crippen molar-refractivity contribution in [2.24, 2.45) is 0 Å². The number of hydrogen-bond acceptors (Lipinski definition) is 18. The number of ether oxygens (including phenoxy) is 6. The minimum atomic E-state index is -1.98. The summed E-state index contributed by atoms with van der Waals surface area (Å²) < 4.78 is 34.3. The van der Waals surface area contributed by atoms with E-state index in [1.54, 1.807) is 0 Å². The molecule has 17 unspecified atom stereocenters. The molecule has 536 valence electrons. The Kier molecular flexibility index (Phi) is 49.1. The molecule has 0 aromatic carbocycles. The van der Waals surface area contributed by atoms with Crippen molar-refractivity contribution in [3.05, 3.63) is 134 Å². The van der Waals surface area contributed by atoms with Crippen LogP contribution in [0, 0.1) is 0 Å². The number of aliphatic hydroxyl groups excluding tert-OH is 11. The second-order valence-electron chi connectivity index (χ2n) is 24.6. The minimum Gasteiger partial charge on any atom is -0.394 e. The van der Waals surface area contributed by atoms with Crippen LogP contribution in [0.2, 0.25) is 0 Å². The van der Waals surface area contributed by atoms with Crippen molar-refractivity contribution in [2.45, 2.75) is 304 Å². The lowest BCUT2D eigenvalue weighted by Crippen LogP contribution is -2.66. The first-order valence-electron chi connectivity index (χ1n) is 35.4. The largest absolute Gasteiger partial charge is 0.394 e. The molecule has 19 heteroatoms. The van der Waals surface area contributed by atoms with Crippen molar-refractivity contribution >= 4 is 5.91 Å². The molecule has 17 atom stereocenters. The normalized spacial score (nSPS) is 28.2. The number of nitrogens with one attached hydrogen (secondary N) is 1. The number of carbonyl (C=O) groups excluding carboxylic acids is 1. The number of hydrogen-bond donors (Lipinski definition) is 12. The maximum atomic E-state index is 13.4. The van der Waals surface area contributed by atoms with Crippen molar-refractivity contribution < 1.29 is 89.4 Å². The Morgan fingerprint density at radius 1 is 0.394 bits per heavy atom. The molecule has 3 saturated heterocycles. The van der Waals surface area contributed by atoms with Crippen molar-refractivity contribution in [1.82, 2.24) is 5.32 Å². The molecule has 0 spiro atoms. The minimum absolute atomic E-state index is 0.235. The third-order valence-electron chi connectivity index (χ3n) is 16.7. The molecule has 3 rings (SSSR count). The third kappa shape index (κ3) is 36.0. The molecular formula is C75H123NO18. The van der Waals surface area contributed by atoms with Gasteiger partial charge in [-0.15, -0.1) is 0 Å². The van der Waals surface area contributed by atoms with E-state index in [0.717, 1.165) is 122 Å². The van der Waals surface area contributed by atoms with E-state index < -0.39 is 124 Å². The summed E-state index contributed by atoms with van der Waals surface area (Å²) in [6.07, 6.45) is 49.9. The van der Waals surface area contributed by atoms with Crippen LogP contribution in [0.5, 0.6) is 0 Å². The molecule has 12 N–H and O–H groups in total. The Balaban J connectivity index is 1.34. The zero-order valence-electron chi connectivity index (χ0n) is 56.6. The van der Waals surface area contributed by atoms with Crippen LogP contribution >= 0.6 is 0 Å². The van der Waals surface area contributed by atoms with Gasteiger partial charge in [-0.2, -0.15) is 0 Å². The lowest BCUT2D eigenvalue weighted by atomic mass is 9.96. The van der Waals surface area contributed by atoms with Gasteiger partial charge in [0.05, 0.1) is 38.6 Å². The SMILES string of the molecule is CC/C=C\C/C=C\C/C=C\C/C=C\C/C=C\C/C=C\C/C=C\C/C=C\C/C=C\C/C=C\C/C=C\CCCCCCCC(=O)NC(COC1OC(CO)C(OC2OC(CO)C(OC3OC(CO)C(O)C(O)C3O)C(O)C2O)C(O)C1O)C(O)CCCCCCCCCCCC. The lowest BCUT2D eigenvalue weighted by Gasteiger charge is -2.48. The summed E-state index contributed by atoms with van der Waals surface area (Å²) in [5.41, 5.74) is 0. The average molecular weight is 1330 g/mol. The standard InChI is InChI=1S/C75H123NO18/c1-3-5-7-9-11-13-15-16-17-18-19-20-21-22-23-24-25-26-27-28-29-30-31-32-33-34-35-36-37-38-39-40-41-42-43-45-47-49-51-53-63(81)76-58(59(80)52-50-48-46-44-14-12-10-8-6-4-2)57-89-73-69(87)66(84)71(61(55-78)91-73)94-75-70(88)67(85)72(62(56-79)92-75)93-74-68(86)65(83)64(82)60(54-77)90-74/h5,7,11,13,16-17,19-20,22-23,25-26,28-29,31-32,34-35,37-38,40-41,58-62,64-75,77-80,82-88H,3-4,6,8-10,12,14-15,18,21,24,27,30,33,36,39,42-57H2,1-2H3,(H,76,81)/b7-5-,13-11-,17-16-,20-19-,23-22-,26-25-,29-28-,32-31-,35-34-,38-37-,41-40-. The van der Waals surface area contributed by atoms with Gasteiger partial charge in [0.2, 0.25) is 5.91 Å². The van der Waals surface area contributed by atoms with Gasteiger partial charge in [-0.3, -0.25) is 4.79 Å². The quantitative estimate of drug-likeness (QED) is 0.0199. The molecule has 0 aromatic heterocycles. The number of unbranched alkanes of at least 4 members (excludes halogenated alkanes) is 14. The van der Waals surface area contributed by atoms with Crippen LogP contribution in [0.25, 0.3) is 0 Å². The van der Waals surface area contributed by atoms with E-state index in [4.69, 9.17) is 28.4 Å². The number of aliphatic hydroxyl groups is 11. The molecule has 0 saturated carbocycles. The molecule has 0 radical (unpaired) electrons. The fraction of sp³-hybridized carbons (Fsp3) is 0.693. The Labute approximate surface area is 562 Å². The zero-order valence-corrected chi connectivity index (χ0v) is 56.6. The molecule has 3 heterocycles. The fourth-order valence-electron chi connectivity index (χ4n) is 11.0. The summed E-state index contributed by atoms with van der Waals surface area (Å²) in [7, 11) is 0. The van der Waals surface area contributed by atoms with E-state index in [1.807, 2.05) is 0 Å². The molecule has 0 aromatic rings. The molecule has 3 fully saturated rings. The molecule has 19 nitrogen and oxygen atoms in total. The van der Waals surface area contributed by atoms with Gasteiger partial charge in [-0.05, 0) is 96.3 Å². The van der Waals surface area contributed by atoms with Crippen LogP contribution < -0.4 is 5.32 Å². The molecule has 0 bridgehead atoms. The second-order valence-corrected chi connectivity index (χ2v) is 24.6. The highest BCUT2D eigenvalue weighted by Crippen LogP contribution is 2.33. The summed E-state index contributed by atoms with van der Waals surface area (Å²) in [5, 5.41) is 120. The first-order chi connectivity index (χ1) is 45.8. The van der Waals surface area contributed by atoms with Gasteiger partial charge in [-0.1, -0.05) is 231 Å². The van der Waals surface area contributed by atoms with Crippen LogP contribution in [0.15, 0.2) is 134 Å². The van der Waals surface area contributed by atoms with Gasteiger partial charge < -0.3 is 89.9 Å². The van der Waals surface area contributed by atoms with E-state index in [9.17, 15) is 61.0 Å². The number of rotatable bonds is 52. The molecule has 3 aliphatic rings. The Morgan fingerprint density at radius 2 is 0.734 bits per heavy atom. The maximum Gasteiger partial charge on any atom is 0.220 e. The first kappa shape index (κ1) is 84.2. The summed E-state index contributed by atoms with van der Waals surface area (Å²) in [5.74, 6) is -0.270. The molecule has 3 aliphatic heterocycles. The van der Waals surface area contributed by atoms with E-state index in [0.29, 0.717) is 19.3 Å². The Morgan fingerprint density at radius 3 is 1.15 bits per heavy atom. The number of carbonyl (C=O) groups is 1. The van der Waals surface area contributed by atoms with Gasteiger partial charge >= 0.3 is 0 Å². The summed E-state index contributed by atoms with van der Waals surface area (Å²) in [6, 6.07) is -0.906. The molecular weight excluding hydrogens is 1200 g/mol. The summed E-state index contributed by atoms with van der Waals surface area (Å²) in [6.45, 7) is 1.61. The lowest BCUT2D eigenvalue weighted by molar-refractivity contribution is -0.379. The molecule has 94 heavy (non-hydrogen) atoms. The van der Waals surface area contributed by atoms with Crippen LogP contribution in [-0.4, -0.2) is 193 Å².